The number of hydrogen-bond donors (Lipinski definition) is 2. The van der Waals surface area contributed by atoms with Crippen LogP contribution in [0.15, 0.2) is 30.3 Å². The average Bonchev–Trinajstić information content (AvgIpc) is 2.72. The second-order valence-corrected chi connectivity index (χ2v) is 7.40. The van der Waals surface area contributed by atoms with Crippen LogP contribution in [-0.4, -0.2) is 61.6 Å². The molecule has 2 aliphatic heterocycles. The number of hydrogen-bond acceptors (Lipinski definition) is 6. The summed E-state index contributed by atoms with van der Waals surface area (Å²) in [6.07, 6.45) is 0.318. The summed E-state index contributed by atoms with van der Waals surface area (Å²) in [4.78, 5) is 19.3. The van der Waals surface area contributed by atoms with E-state index >= 15 is 0 Å². The Kier molecular flexibility index (Phi) is 5.64. The van der Waals surface area contributed by atoms with E-state index in [2.05, 4.69) is 10.3 Å². The van der Waals surface area contributed by atoms with Crippen LogP contribution in [0.2, 0.25) is 0 Å². The van der Waals surface area contributed by atoms with Crippen molar-refractivity contribution in [2.75, 3.05) is 38.3 Å². The Morgan fingerprint density at radius 1 is 1.34 bits per heavy atom. The van der Waals surface area contributed by atoms with E-state index in [-0.39, 0.29) is 24.0 Å². The number of aliphatic hydroxyl groups excluding tert-OH is 1. The lowest BCUT2D eigenvalue weighted by Crippen LogP contribution is -2.49. The minimum absolute atomic E-state index is 0.246. The molecule has 4 rings (SSSR count). The summed E-state index contributed by atoms with van der Waals surface area (Å²) in [6.45, 7) is 1.94. The fraction of sp³-hybridized carbons (Fsp3) is 0.429. The quantitative estimate of drug-likeness (QED) is 0.808. The Balaban J connectivity index is 1.64. The van der Waals surface area contributed by atoms with Gasteiger partial charge in [0.25, 0.3) is 5.91 Å². The van der Waals surface area contributed by atoms with Gasteiger partial charge in [0.1, 0.15) is 18.1 Å². The highest BCUT2D eigenvalue weighted by Gasteiger charge is 2.28. The van der Waals surface area contributed by atoms with Gasteiger partial charge in [-0.05, 0) is 30.2 Å². The molecule has 154 valence electrons. The predicted molar refractivity (Wildman–Crippen MR) is 105 cm³/mol. The maximum absolute atomic E-state index is 13.2. The molecule has 1 saturated heterocycles. The number of rotatable bonds is 4. The van der Waals surface area contributed by atoms with Gasteiger partial charge in [0, 0.05) is 25.6 Å². The number of benzene rings is 1. The Labute approximate surface area is 168 Å². The van der Waals surface area contributed by atoms with Crippen molar-refractivity contribution in [3.63, 3.8) is 0 Å². The minimum Gasteiger partial charge on any atom is -0.488 e. The minimum atomic E-state index is -0.644. The summed E-state index contributed by atoms with van der Waals surface area (Å²) < 4.78 is 24.5. The van der Waals surface area contributed by atoms with Crippen molar-refractivity contribution in [1.82, 2.24) is 10.3 Å². The van der Waals surface area contributed by atoms with Crippen LogP contribution in [0.1, 0.15) is 28.0 Å². The normalized spacial score (nSPS) is 21.3. The molecule has 3 heterocycles. The third kappa shape index (κ3) is 4.33. The van der Waals surface area contributed by atoms with Gasteiger partial charge in [-0.15, -0.1) is 0 Å². The smallest absolute Gasteiger partial charge is 0.270 e. The molecule has 1 amide bonds. The van der Waals surface area contributed by atoms with Crippen LogP contribution in [-0.2, 0) is 11.2 Å². The molecule has 29 heavy (non-hydrogen) atoms. The van der Waals surface area contributed by atoms with E-state index in [1.165, 1.54) is 12.1 Å². The van der Waals surface area contributed by atoms with Gasteiger partial charge in [0.2, 0.25) is 0 Å². The molecular formula is C21H24FN3O4. The average molecular weight is 401 g/mol. The molecule has 2 aromatic rings. The summed E-state index contributed by atoms with van der Waals surface area (Å²) >= 11 is 0. The van der Waals surface area contributed by atoms with Crippen LogP contribution >= 0.6 is 0 Å². The van der Waals surface area contributed by atoms with Gasteiger partial charge in [0.15, 0.2) is 11.6 Å². The Morgan fingerprint density at radius 3 is 2.90 bits per heavy atom. The SMILES string of the molecule is CN1CCOc2c(Cc3ccc(F)cc3)cc(C(=O)NC3COCCC3O)nc21. The van der Waals surface area contributed by atoms with Crippen molar-refractivity contribution >= 4 is 11.7 Å². The van der Waals surface area contributed by atoms with Crippen LogP contribution in [0.25, 0.3) is 0 Å². The number of carbonyl (C=O) groups excluding carboxylic acids is 1. The van der Waals surface area contributed by atoms with E-state index in [9.17, 15) is 14.3 Å². The second-order valence-electron chi connectivity index (χ2n) is 7.40. The van der Waals surface area contributed by atoms with E-state index in [1.807, 2.05) is 11.9 Å². The van der Waals surface area contributed by atoms with E-state index in [0.717, 1.165) is 11.1 Å². The first kappa shape index (κ1) is 19.6. The fourth-order valence-corrected chi connectivity index (χ4v) is 3.55. The molecule has 0 aliphatic carbocycles. The zero-order valence-corrected chi connectivity index (χ0v) is 16.2. The number of fused-ring (bicyclic) bond motifs is 1. The molecule has 0 saturated carbocycles. The summed E-state index contributed by atoms with van der Waals surface area (Å²) in [5, 5.41) is 12.9. The zero-order valence-electron chi connectivity index (χ0n) is 16.2. The first-order valence-electron chi connectivity index (χ1n) is 9.70. The third-order valence-corrected chi connectivity index (χ3v) is 5.24. The van der Waals surface area contributed by atoms with Crippen LogP contribution in [0.4, 0.5) is 10.2 Å². The Hall–Kier alpha value is -2.71. The molecule has 0 bridgehead atoms. The van der Waals surface area contributed by atoms with Crippen LogP contribution in [0.5, 0.6) is 5.75 Å². The molecule has 2 atom stereocenters. The lowest BCUT2D eigenvalue weighted by molar-refractivity contribution is -0.0140. The number of halogens is 1. The molecule has 1 aromatic carbocycles. The molecule has 0 spiro atoms. The molecule has 8 heteroatoms. The van der Waals surface area contributed by atoms with E-state index in [4.69, 9.17) is 9.47 Å². The summed E-state index contributed by atoms with van der Waals surface area (Å²) in [7, 11) is 1.90. The molecular weight excluding hydrogens is 377 g/mol. The topological polar surface area (TPSA) is 83.9 Å². The highest BCUT2D eigenvalue weighted by atomic mass is 19.1. The van der Waals surface area contributed by atoms with Crippen LogP contribution < -0.4 is 15.0 Å². The lowest BCUT2D eigenvalue weighted by Gasteiger charge is -2.30. The number of aromatic nitrogens is 1. The summed E-state index contributed by atoms with van der Waals surface area (Å²) in [6, 6.07) is 7.48. The highest BCUT2D eigenvalue weighted by Crippen LogP contribution is 2.34. The first-order valence-corrected chi connectivity index (χ1v) is 9.70. The molecule has 1 fully saturated rings. The van der Waals surface area contributed by atoms with Crippen molar-refractivity contribution < 1.29 is 23.8 Å². The largest absolute Gasteiger partial charge is 0.488 e. The Morgan fingerprint density at radius 2 is 2.14 bits per heavy atom. The molecule has 7 nitrogen and oxygen atoms in total. The monoisotopic (exact) mass is 401 g/mol. The summed E-state index contributed by atoms with van der Waals surface area (Å²) in [5.41, 5.74) is 1.95. The second kappa shape index (κ2) is 8.34. The molecule has 2 N–H and O–H groups in total. The molecule has 2 unspecified atom stereocenters. The number of carbonyl (C=O) groups is 1. The van der Waals surface area contributed by atoms with Crippen molar-refractivity contribution in [3.05, 3.63) is 53.0 Å². The third-order valence-electron chi connectivity index (χ3n) is 5.24. The maximum Gasteiger partial charge on any atom is 0.270 e. The van der Waals surface area contributed by atoms with Crippen LogP contribution in [0, 0.1) is 5.82 Å². The maximum atomic E-state index is 13.2. The number of amides is 1. The van der Waals surface area contributed by atoms with Gasteiger partial charge in [-0.3, -0.25) is 4.79 Å². The van der Waals surface area contributed by atoms with Crippen molar-refractivity contribution in [3.8, 4) is 5.75 Å². The van der Waals surface area contributed by atoms with E-state index < -0.39 is 12.1 Å². The number of likely N-dealkylation sites (N-methyl/N-ethyl adjacent to an activating group) is 1. The van der Waals surface area contributed by atoms with Gasteiger partial charge in [-0.1, -0.05) is 12.1 Å². The first-order chi connectivity index (χ1) is 14.0. The van der Waals surface area contributed by atoms with Crippen LogP contribution in [0.3, 0.4) is 0 Å². The standard InChI is InChI=1S/C21H24FN3O4/c1-25-7-9-29-19-14(10-13-2-4-15(22)5-3-13)11-16(23-20(19)25)21(27)24-17-12-28-8-6-18(17)26/h2-5,11,17-18,26H,6-10,12H2,1H3,(H,24,27). The zero-order chi connectivity index (χ0) is 20.4. The molecule has 1 aromatic heterocycles. The Bertz CT molecular complexity index is 890. The lowest BCUT2D eigenvalue weighted by atomic mass is 10.0. The van der Waals surface area contributed by atoms with Gasteiger partial charge >= 0.3 is 0 Å². The van der Waals surface area contributed by atoms with Crippen molar-refractivity contribution in [2.24, 2.45) is 0 Å². The number of nitrogens with one attached hydrogen (secondary N) is 1. The van der Waals surface area contributed by atoms with Crippen molar-refractivity contribution in [2.45, 2.75) is 25.0 Å². The fourth-order valence-electron chi connectivity index (χ4n) is 3.55. The number of ether oxygens (including phenoxy) is 2. The molecule has 0 radical (unpaired) electrons. The number of aliphatic hydroxyl groups is 1. The summed E-state index contributed by atoms with van der Waals surface area (Å²) in [5.74, 6) is 0.568. The van der Waals surface area contributed by atoms with Gasteiger partial charge in [-0.2, -0.15) is 0 Å². The number of anilines is 1. The van der Waals surface area contributed by atoms with E-state index in [1.54, 1.807) is 18.2 Å². The van der Waals surface area contributed by atoms with Crippen molar-refractivity contribution in [1.29, 1.82) is 0 Å². The number of pyridine rings is 1. The molecule has 2 aliphatic rings. The predicted octanol–water partition coefficient (Wildman–Crippen LogP) is 1.52. The van der Waals surface area contributed by atoms with Gasteiger partial charge in [-0.25, -0.2) is 9.37 Å². The highest BCUT2D eigenvalue weighted by molar-refractivity contribution is 5.93. The van der Waals surface area contributed by atoms with Gasteiger partial charge in [0.05, 0.1) is 25.3 Å². The van der Waals surface area contributed by atoms with Gasteiger partial charge < -0.3 is 24.8 Å². The van der Waals surface area contributed by atoms with E-state index in [0.29, 0.717) is 44.2 Å². The number of nitrogens with zero attached hydrogens (tertiary/aromatic N) is 2.